The van der Waals surface area contributed by atoms with Crippen LogP contribution in [0, 0.1) is 5.41 Å². The fraction of sp³-hybridized carbons (Fsp3) is 1.00. The van der Waals surface area contributed by atoms with E-state index in [0.717, 1.165) is 6.42 Å². The van der Waals surface area contributed by atoms with Gasteiger partial charge in [0.05, 0.1) is 6.10 Å². The Morgan fingerprint density at radius 2 is 2.00 bits per heavy atom. The van der Waals surface area contributed by atoms with E-state index in [4.69, 9.17) is 0 Å². The summed E-state index contributed by atoms with van der Waals surface area (Å²) in [5.41, 5.74) is 0.138. The lowest BCUT2D eigenvalue weighted by molar-refractivity contribution is 0.0822. The molecule has 1 N–H and O–H groups in total. The minimum Gasteiger partial charge on any atom is -0.393 e. The maximum Gasteiger partial charge on any atom is 0.0602 e. The number of hydrogen-bond acceptors (Lipinski definition) is 2. The third kappa shape index (κ3) is 1.19. The van der Waals surface area contributed by atoms with Crippen LogP contribution < -0.4 is 0 Å². The molecule has 0 bridgehead atoms. The molecule has 0 saturated heterocycles. The topological polar surface area (TPSA) is 20.2 Å². The summed E-state index contributed by atoms with van der Waals surface area (Å²) in [5, 5.41) is 10.2. The van der Waals surface area contributed by atoms with Crippen molar-refractivity contribution in [2.45, 2.75) is 38.0 Å². The summed E-state index contributed by atoms with van der Waals surface area (Å²) in [4.78, 5) is 0. The highest BCUT2D eigenvalue weighted by atomic mass is 32.2. The van der Waals surface area contributed by atoms with E-state index >= 15 is 0 Å². The Morgan fingerprint density at radius 1 is 1.40 bits per heavy atom. The van der Waals surface area contributed by atoms with Crippen LogP contribution in [0.4, 0.5) is 0 Å². The van der Waals surface area contributed by atoms with Gasteiger partial charge in [-0.05, 0) is 19.1 Å². The molecule has 0 spiro atoms. The monoisotopic (exact) mass is 160 g/mol. The summed E-state index contributed by atoms with van der Waals surface area (Å²) in [6.07, 6.45) is 4.21. The van der Waals surface area contributed by atoms with Crippen LogP contribution in [0.1, 0.15) is 26.7 Å². The average molecular weight is 160 g/mol. The predicted molar refractivity (Wildman–Crippen MR) is 46.3 cm³/mol. The van der Waals surface area contributed by atoms with Crippen molar-refractivity contribution in [3.63, 3.8) is 0 Å². The maximum atomic E-state index is 9.55. The normalized spacial score (nSPS) is 38.4. The summed E-state index contributed by atoms with van der Waals surface area (Å²) in [6, 6.07) is 0. The van der Waals surface area contributed by atoms with E-state index in [0.29, 0.717) is 5.25 Å². The van der Waals surface area contributed by atoms with Crippen molar-refractivity contribution in [1.29, 1.82) is 0 Å². The first-order valence-corrected chi connectivity index (χ1v) is 5.08. The van der Waals surface area contributed by atoms with E-state index in [1.165, 1.54) is 6.42 Å². The first-order chi connectivity index (χ1) is 4.59. The summed E-state index contributed by atoms with van der Waals surface area (Å²) in [6.45, 7) is 4.32. The van der Waals surface area contributed by atoms with Crippen molar-refractivity contribution in [3.05, 3.63) is 0 Å². The predicted octanol–water partition coefficient (Wildman–Crippen LogP) is 1.90. The fourth-order valence-electron chi connectivity index (χ4n) is 1.69. The van der Waals surface area contributed by atoms with E-state index in [2.05, 4.69) is 20.1 Å². The molecule has 0 amide bonds. The quantitative estimate of drug-likeness (QED) is 0.632. The van der Waals surface area contributed by atoms with Crippen molar-refractivity contribution in [2.24, 2.45) is 5.41 Å². The van der Waals surface area contributed by atoms with Gasteiger partial charge in [-0.25, -0.2) is 0 Å². The Balaban J connectivity index is 2.64. The molecule has 60 valence electrons. The molecule has 0 heterocycles. The average Bonchev–Trinajstić information content (AvgIpc) is 2.10. The second kappa shape index (κ2) is 2.74. The first kappa shape index (κ1) is 8.41. The van der Waals surface area contributed by atoms with Crippen molar-refractivity contribution < 1.29 is 5.11 Å². The van der Waals surface area contributed by atoms with E-state index in [9.17, 15) is 5.11 Å². The van der Waals surface area contributed by atoms with E-state index < -0.39 is 0 Å². The summed E-state index contributed by atoms with van der Waals surface area (Å²) >= 11 is 1.88. The SMILES string of the molecule is CSC1CCC(O)C1(C)C. The molecule has 0 aromatic rings. The minimum absolute atomic E-state index is 0.0788. The molecule has 0 aromatic carbocycles. The number of aliphatic hydroxyl groups excluding tert-OH is 1. The van der Waals surface area contributed by atoms with E-state index in [1.807, 2.05) is 11.8 Å². The Labute approximate surface area is 67.2 Å². The molecule has 1 saturated carbocycles. The van der Waals surface area contributed by atoms with Crippen molar-refractivity contribution >= 4 is 11.8 Å². The van der Waals surface area contributed by atoms with Gasteiger partial charge in [-0.3, -0.25) is 0 Å². The number of rotatable bonds is 1. The minimum atomic E-state index is -0.0788. The second-order valence-electron chi connectivity index (χ2n) is 3.64. The number of aliphatic hydroxyl groups is 1. The number of hydrogen-bond donors (Lipinski definition) is 1. The molecular weight excluding hydrogens is 144 g/mol. The van der Waals surface area contributed by atoms with Gasteiger partial charge in [0.15, 0.2) is 0 Å². The van der Waals surface area contributed by atoms with Gasteiger partial charge in [-0.15, -0.1) is 0 Å². The lowest BCUT2D eigenvalue weighted by Gasteiger charge is -2.28. The van der Waals surface area contributed by atoms with E-state index in [1.54, 1.807) is 0 Å². The lowest BCUT2D eigenvalue weighted by Crippen LogP contribution is -2.30. The first-order valence-electron chi connectivity index (χ1n) is 3.80. The molecule has 1 nitrogen and oxygen atoms in total. The molecule has 10 heavy (non-hydrogen) atoms. The summed E-state index contributed by atoms with van der Waals surface area (Å²) in [7, 11) is 0. The van der Waals surface area contributed by atoms with Crippen LogP contribution in [0.5, 0.6) is 0 Å². The third-order valence-electron chi connectivity index (χ3n) is 2.68. The third-order valence-corrected chi connectivity index (χ3v) is 4.09. The van der Waals surface area contributed by atoms with Gasteiger partial charge in [-0.1, -0.05) is 13.8 Å². The van der Waals surface area contributed by atoms with Crippen LogP contribution in [-0.2, 0) is 0 Å². The highest BCUT2D eigenvalue weighted by molar-refractivity contribution is 7.99. The molecule has 1 rings (SSSR count). The molecule has 1 aliphatic carbocycles. The van der Waals surface area contributed by atoms with Gasteiger partial charge in [0.25, 0.3) is 0 Å². The van der Waals surface area contributed by atoms with Gasteiger partial charge in [0, 0.05) is 10.7 Å². The molecule has 2 unspecified atom stereocenters. The van der Waals surface area contributed by atoms with Crippen LogP contribution in [-0.4, -0.2) is 22.7 Å². The van der Waals surface area contributed by atoms with Crippen LogP contribution in [0.15, 0.2) is 0 Å². The van der Waals surface area contributed by atoms with Gasteiger partial charge in [0.2, 0.25) is 0 Å². The zero-order chi connectivity index (χ0) is 7.78. The Hall–Kier alpha value is 0.310. The summed E-state index contributed by atoms with van der Waals surface area (Å²) < 4.78 is 0. The van der Waals surface area contributed by atoms with Crippen LogP contribution in [0.2, 0.25) is 0 Å². The van der Waals surface area contributed by atoms with Gasteiger partial charge >= 0.3 is 0 Å². The highest BCUT2D eigenvalue weighted by Crippen LogP contribution is 2.43. The fourth-order valence-corrected chi connectivity index (χ4v) is 2.83. The molecular formula is C8H16OS. The molecule has 1 fully saturated rings. The van der Waals surface area contributed by atoms with Gasteiger partial charge < -0.3 is 5.11 Å². The molecule has 0 radical (unpaired) electrons. The van der Waals surface area contributed by atoms with Crippen molar-refractivity contribution in [1.82, 2.24) is 0 Å². The Morgan fingerprint density at radius 3 is 2.20 bits per heavy atom. The highest BCUT2D eigenvalue weighted by Gasteiger charge is 2.41. The maximum absolute atomic E-state index is 9.55. The lowest BCUT2D eigenvalue weighted by atomic mass is 9.89. The van der Waals surface area contributed by atoms with Crippen molar-refractivity contribution in [2.75, 3.05) is 6.26 Å². The molecule has 2 heteroatoms. The van der Waals surface area contributed by atoms with Crippen molar-refractivity contribution in [3.8, 4) is 0 Å². The molecule has 0 aliphatic heterocycles. The Bertz CT molecular complexity index is 122. The smallest absolute Gasteiger partial charge is 0.0602 e. The van der Waals surface area contributed by atoms with Crippen LogP contribution in [0.25, 0.3) is 0 Å². The Kier molecular flexibility index (Phi) is 2.31. The van der Waals surface area contributed by atoms with Gasteiger partial charge in [0.1, 0.15) is 0 Å². The largest absolute Gasteiger partial charge is 0.393 e. The van der Waals surface area contributed by atoms with Crippen LogP contribution >= 0.6 is 11.8 Å². The second-order valence-corrected chi connectivity index (χ2v) is 4.68. The van der Waals surface area contributed by atoms with Crippen LogP contribution in [0.3, 0.4) is 0 Å². The standard InChI is InChI=1S/C8H16OS/c1-8(2)6(9)4-5-7(8)10-3/h6-7,9H,4-5H2,1-3H3. The molecule has 0 aromatic heterocycles. The zero-order valence-corrected chi connectivity index (χ0v) is 7.74. The zero-order valence-electron chi connectivity index (χ0n) is 6.92. The number of thioether (sulfide) groups is 1. The van der Waals surface area contributed by atoms with Gasteiger partial charge in [-0.2, -0.15) is 11.8 Å². The molecule has 2 atom stereocenters. The van der Waals surface area contributed by atoms with E-state index in [-0.39, 0.29) is 11.5 Å². The molecule has 1 aliphatic rings. The summed E-state index contributed by atoms with van der Waals surface area (Å²) in [5.74, 6) is 0.